The lowest BCUT2D eigenvalue weighted by Gasteiger charge is -2.10. The highest BCUT2D eigenvalue weighted by Gasteiger charge is 2.18. The predicted molar refractivity (Wildman–Crippen MR) is 105 cm³/mol. The number of benzene rings is 2. The topological polar surface area (TPSA) is 82.9 Å². The van der Waals surface area contributed by atoms with Crippen molar-refractivity contribution in [2.45, 2.75) is 6.92 Å². The molecule has 0 bridgehead atoms. The summed E-state index contributed by atoms with van der Waals surface area (Å²) < 4.78 is 9.63. The molecule has 28 heavy (non-hydrogen) atoms. The van der Waals surface area contributed by atoms with Crippen LogP contribution in [-0.4, -0.2) is 30.7 Å². The van der Waals surface area contributed by atoms with Crippen LogP contribution in [-0.2, 0) is 0 Å². The van der Waals surface area contributed by atoms with Gasteiger partial charge in [0.15, 0.2) is 0 Å². The fourth-order valence-electron chi connectivity index (χ4n) is 3.42. The molecule has 0 spiro atoms. The quantitative estimate of drug-likeness (QED) is 0.472. The summed E-state index contributed by atoms with van der Waals surface area (Å²) in [4.78, 5) is 30.3. The first-order valence-corrected chi connectivity index (χ1v) is 8.66. The molecule has 3 heterocycles. The van der Waals surface area contributed by atoms with Crippen molar-refractivity contribution in [2.24, 2.45) is 0 Å². The fourth-order valence-corrected chi connectivity index (χ4v) is 3.42. The Morgan fingerprint density at radius 2 is 1.71 bits per heavy atom. The van der Waals surface area contributed by atoms with Gasteiger partial charge in [0.25, 0.3) is 11.1 Å². The van der Waals surface area contributed by atoms with Crippen LogP contribution in [0.1, 0.15) is 5.69 Å². The van der Waals surface area contributed by atoms with Gasteiger partial charge in [-0.3, -0.25) is 9.59 Å². The standard InChI is InChI=1S/C20H15N5O3/c1-12-11-17(26)25-19(21-12)24-16-6-4-3-5-15(16)18(27)23(20(24)22-25)13-7-9-14(28-2)10-8-13/h3-11H,1-2H3. The molecule has 0 unspecified atom stereocenters. The van der Waals surface area contributed by atoms with Crippen molar-refractivity contribution in [3.63, 3.8) is 0 Å². The fraction of sp³-hybridized carbons (Fsp3) is 0.100. The third-order valence-electron chi connectivity index (χ3n) is 4.71. The highest BCUT2D eigenvalue weighted by molar-refractivity contribution is 5.82. The van der Waals surface area contributed by atoms with Crippen molar-refractivity contribution in [1.29, 1.82) is 0 Å². The van der Waals surface area contributed by atoms with Crippen LogP contribution in [0.4, 0.5) is 0 Å². The second-order valence-corrected chi connectivity index (χ2v) is 6.44. The average molecular weight is 373 g/mol. The molecule has 0 radical (unpaired) electrons. The van der Waals surface area contributed by atoms with Crippen molar-refractivity contribution in [2.75, 3.05) is 7.11 Å². The van der Waals surface area contributed by atoms with E-state index in [0.29, 0.717) is 39.6 Å². The number of nitrogens with zero attached hydrogens (tertiary/aromatic N) is 5. The average Bonchev–Trinajstić information content (AvgIpc) is 3.08. The highest BCUT2D eigenvalue weighted by atomic mass is 16.5. The zero-order valence-electron chi connectivity index (χ0n) is 15.2. The number of hydrogen-bond acceptors (Lipinski definition) is 5. The zero-order chi connectivity index (χ0) is 19.4. The summed E-state index contributed by atoms with van der Waals surface area (Å²) in [5, 5.41) is 4.92. The Kier molecular flexibility index (Phi) is 3.35. The maximum absolute atomic E-state index is 13.3. The second-order valence-electron chi connectivity index (χ2n) is 6.44. The molecular weight excluding hydrogens is 358 g/mol. The lowest BCUT2D eigenvalue weighted by molar-refractivity contribution is 0.414. The van der Waals surface area contributed by atoms with E-state index in [4.69, 9.17) is 4.74 Å². The Balaban J connectivity index is 2.04. The summed E-state index contributed by atoms with van der Waals surface area (Å²) in [6, 6.07) is 15.7. The van der Waals surface area contributed by atoms with Crippen molar-refractivity contribution in [3.05, 3.63) is 81.0 Å². The third kappa shape index (κ3) is 2.18. The van der Waals surface area contributed by atoms with Gasteiger partial charge in [-0.25, -0.2) is 14.0 Å². The minimum absolute atomic E-state index is 0.228. The number of hydrogen-bond donors (Lipinski definition) is 0. The smallest absolute Gasteiger partial charge is 0.276 e. The van der Waals surface area contributed by atoms with Crippen LogP contribution >= 0.6 is 0 Å². The first kappa shape index (κ1) is 16.2. The van der Waals surface area contributed by atoms with Gasteiger partial charge in [-0.2, -0.15) is 4.52 Å². The lowest BCUT2D eigenvalue weighted by atomic mass is 10.2. The van der Waals surface area contributed by atoms with Crippen molar-refractivity contribution in [1.82, 2.24) is 23.6 Å². The van der Waals surface area contributed by atoms with Crippen LogP contribution in [0.2, 0.25) is 0 Å². The molecule has 0 saturated heterocycles. The summed E-state index contributed by atoms with van der Waals surface area (Å²) >= 11 is 0. The molecule has 138 valence electrons. The Bertz CT molecular complexity index is 1490. The van der Waals surface area contributed by atoms with Crippen LogP contribution in [0.15, 0.2) is 64.2 Å². The number of aryl methyl sites for hydroxylation is 1. The molecular formula is C20H15N5O3. The maximum atomic E-state index is 13.3. The van der Waals surface area contributed by atoms with Crippen LogP contribution in [0.5, 0.6) is 5.75 Å². The zero-order valence-corrected chi connectivity index (χ0v) is 15.2. The Hall–Kier alpha value is -3.94. The monoisotopic (exact) mass is 373 g/mol. The lowest BCUT2D eigenvalue weighted by Crippen LogP contribution is -2.21. The molecule has 5 aromatic rings. The number of ether oxygens (including phenoxy) is 1. The predicted octanol–water partition coefficient (Wildman–Crippen LogP) is 1.96. The largest absolute Gasteiger partial charge is 0.497 e. The van der Waals surface area contributed by atoms with E-state index in [2.05, 4.69) is 10.1 Å². The van der Waals surface area contributed by atoms with E-state index in [1.54, 1.807) is 54.8 Å². The van der Waals surface area contributed by atoms with E-state index in [0.717, 1.165) is 0 Å². The summed E-state index contributed by atoms with van der Waals surface area (Å²) in [6.07, 6.45) is 0. The molecule has 0 amide bonds. The first-order valence-electron chi connectivity index (χ1n) is 8.66. The van der Waals surface area contributed by atoms with E-state index < -0.39 is 0 Å². The minimum atomic E-state index is -0.302. The summed E-state index contributed by atoms with van der Waals surface area (Å²) in [6.45, 7) is 1.75. The molecule has 0 saturated carbocycles. The van der Waals surface area contributed by atoms with E-state index in [-0.39, 0.29) is 11.1 Å². The molecule has 8 nitrogen and oxygen atoms in total. The SMILES string of the molecule is COc1ccc(-n2c(=O)c3ccccc3n3c2nn2c(=O)cc(C)nc23)cc1. The van der Waals surface area contributed by atoms with E-state index in [9.17, 15) is 9.59 Å². The van der Waals surface area contributed by atoms with Gasteiger partial charge in [0.05, 0.1) is 23.7 Å². The number of methoxy groups -OCH3 is 1. The maximum Gasteiger partial charge on any atom is 0.276 e. The van der Waals surface area contributed by atoms with E-state index >= 15 is 0 Å². The normalized spacial score (nSPS) is 11.5. The Morgan fingerprint density at radius 3 is 2.46 bits per heavy atom. The van der Waals surface area contributed by atoms with Crippen LogP contribution in [0.25, 0.3) is 28.1 Å². The minimum Gasteiger partial charge on any atom is -0.497 e. The van der Waals surface area contributed by atoms with E-state index in [1.165, 1.54) is 15.1 Å². The van der Waals surface area contributed by atoms with Crippen LogP contribution in [0.3, 0.4) is 0 Å². The van der Waals surface area contributed by atoms with Gasteiger partial charge in [0.2, 0.25) is 11.6 Å². The number of para-hydroxylation sites is 1. The summed E-state index contributed by atoms with van der Waals surface area (Å²) in [5.41, 5.74) is 1.30. The molecule has 0 N–H and O–H groups in total. The molecule has 0 aliphatic carbocycles. The number of aromatic nitrogens is 5. The molecule has 0 fully saturated rings. The molecule has 3 aromatic heterocycles. The summed E-state index contributed by atoms with van der Waals surface area (Å²) in [7, 11) is 1.58. The number of rotatable bonds is 2. The van der Waals surface area contributed by atoms with Crippen molar-refractivity contribution < 1.29 is 4.74 Å². The Labute approximate surface area is 157 Å². The van der Waals surface area contributed by atoms with Crippen LogP contribution < -0.4 is 15.9 Å². The molecule has 0 aliphatic heterocycles. The summed E-state index contributed by atoms with van der Waals surface area (Å²) in [5.74, 6) is 1.35. The van der Waals surface area contributed by atoms with E-state index in [1.807, 2.05) is 12.1 Å². The second kappa shape index (κ2) is 5.78. The van der Waals surface area contributed by atoms with Gasteiger partial charge in [-0.05, 0) is 43.3 Å². The molecule has 0 aliphatic rings. The van der Waals surface area contributed by atoms with Gasteiger partial charge in [0.1, 0.15) is 5.75 Å². The molecule has 2 aromatic carbocycles. The van der Waals surface area contributed by atoms with Crippen molar-refractivity contribution >= 4 is 22.5 Å². The van der Waals surface area contributed by atoms with Gasteiger partial charge >= 0.3 is 0 Å². The number of fused-ring (bicyclic) bond motifs is 5. The van der Waals surface area contributed by atoms with Gasteiger partial charge in [0, 0.05) is 11.8 Å². The molecule has 0 atom stereocenters. The Morgan fingerprint density at radius 1 is 0.964 bits per heavy atom. The first-order chi connectivity index (χ1) is 13.6. The van der Waals surface area contributed by atoms with Gasteiger partial charge < -0.3 is 4.74 Å². The van der Waals surface area contributed by atoms with Crippen LogP contribution in [0, 0.1) is 6.92 Å². The third-order valence-corrected chi connectivity index (χ3v) is 4.71. The molecule has 5 rings (SSSR count). The van der Waals surface area contributed by atoms with Crippen molar-refractivity contribution in [3.8, 4) is 11.4 Å². The molecule has 8 heteroatoms. The van der Waals surface area contributed by atoms with Gasteiger partial charge in [-0.1, -0.05) is 12.1 Å². The highest BCUT2D eigenvalue weighted by Crippen LogP contribution is 2.20. The van der Waals surface area contributed by atoms with Gasteiger partial charge in [-0.15, -0.1) is 5.10 Å².